The molecule has 1 aromatic heterocycles. The molecule has 0 atom stereocenters. The van der Waals surface area contributed by atoms with Crippen LogP contribution in [-0.2, 0) is 4.79 Å². The van der Waals surface area contributed by atoms with Gasteiger partial charge in [0.25, 0.3) is 11.1 Å². The fourth-order valence-corrected chi connectivity index (χ4v) is 4.91. The number of carbonyl (C=O) groups is 2. The molecule has 0 aliphatic carbocycles. The zero-order valence-corrected chi connectivity index (χ0v) is 22.7. The number of para-hydroxylation sites is 1. The molecule has 0 spiro atoms. The molecular weight excluding hydrogens is 538 g/mol. The van der Waals surface area contributed by atoms with Gasteiger partial charge in [0.05, 0.1) is 18.4 Å². The largest absolute Gasteiger partial charge is 0.496 e. The van der Waals surface area contributed by atoms with Crippen LogP contribution in [0.5, 0.6) is 5.75 Å². The highest BCUT2D eigenvalue weighted by Crippen LogP contribution is 2.26. The molecule has 2 amide bonds. The monoisotopic (exact) mass is 563 g/mol. The van der Waals surface area contributed by atoms with E-state index in [-0.39, 0.29) is 17.6 Å². The number of piperazine rings is 1. The molecule has 1 N–H and O–H groups in total. The Morgan fingerprint density at radius 2 is 1.69 bits per heavy atom. The fourth-order valence-electron chi connectivity index (χ4n) is 4.22. The van der Waals surface area contributed by atoms with Crippen molar-refractivity contribution in [3.8, 4) is 17.2 Å². The molecule has 1 fully saturated rings. The van der Waals surface area contributed by atoms with Gasteiger partial charge >= 0.3 is 0 Å². The van der Waals surface area contributed by atoms with E-state index < -0.39 is 0 Å². The number of rotatable bonds is 8. The molecule has 0 unspecified atom stereocenters. The molecule has 1 saturated heterocycles. The number of hydrogen-bond acceptors (Lipinski definition) is 8. The quantitative estimate of drug-likeness (QED) is 0.296. The van der Waals surface area contributed by atoms with Gasteiger partial charge in [-0.25, -0.2) is 0 Å². The van der Waals surface area contributed by atoms with E-state index in [0.717, 1.165) is 11.3 Å². The lowest BCUT2D eigenvalue weighted by Gasteiger charge is -2.36. The van der Waals surface area contributed by atoms with Crippen molar-refractivity contribution in [2.45, 2.75) is 5.22 Å². The first-order chi connectivity index (χ1) is 19.0. The second-order valence-electron chi connectivity index (χ2n) is 8.74. The Kier molecular flexibility index (Phi) is 8.33. The van der Waals surface area contributed by atoms with Gasteiger partial charge in [0.15, 0.2) is 0 Å². The Bertz CT molecular complexity index is 1440. The maximum atomic E-state index is 13.0. The third kappa shape index (κ3) is 6.52. The van der Waals surface area contributed by atoms with E-state index in [4.69, 9.17) is 20.8 Å². The van der Waals surface area contributed by atoms with Crippen molar-refractivity contribution >= 4 is 46.6 Å². The number of methoxy groups -OCH3 is 1. The summed E-state index contributed by atoms with van der Waals surface area (Å²) in [6.45, 7) is 2.65. The molecule has 0 saturated carbocycles. The van der Waals surface area contributed by atoms with Gasteiger partial charge in [0, 0.05) is 48.1 Å². The lowest BCUT2D eigenvalue weighted by Crippen LogP contribution is -2.48. The predicted molar refractivity (Wildman–Crippen MR) is 152 cm³/mol. The van der Waals surface area contributed by atoms with Crippen molar-refractivity contribution in [3.05, 3.63) is 83.4 Å². The maximum Gasteiger partial charge on any atom is 0.277 e. The minimum Gasteiger partial charge on any atom is -0.496 e. The minimum atomic E-state index is -0.178. The number of hydrogen-bond donors (Lipinski definition) is 1. The summed E-state index contributed by atoms with van der Waals surface area (Å²) < 4.78 is 11.0. The third-order valence-electron chi connectivity index (χ3n) is 6.24. The van der Waals surface area contributed by atoms with Crippen molar-refractivity contribution in [2.24, 2.45) is 0 Å². The van der Waals surface area contributed by atoms with Gasteiger partial charge in [0.1, 0.15) is 5.75 Å². The van der Waals surface area contributed by atoms with E-state index in [1.165, 1.54) is 11.8 Å². The number of nitrogens with zero attached hydrogens (tertiary/aromatic N) is 4. The average Bonchev–Trinajstić information content (AvgIpc) is 3.46. The molecule has 5 rings (SSSR count). The molecule has 2 heterocycles. The van der Waals surface area contributed by atoms with E-state index in [0.29, 0.717) is 59.3 Å². The van der Waals surface area contributed by atoms with Crippen LogP contribution in [0.3, 0.4) is 0 Å². The number of ether oxygens (including phenoxy) is 1. The van der Waals surface area contributed by atoms with Gasteiger partial charge in [-0.05, 0) is 60.7 Å². The lowest BCUT2D eigenvalue weighted by molar-refractivity contribution is -0.113. The molecule has 200 valence electrons. The molecule has 3 aromatic carbocycles. The Hall–Kier alpha value is -4.02. The molecule has 0 bridgehead atoms. The van der Waals surface area contributed by atoms with Crippen LogP contribution >= 0.6 is 23.4 Å². The normalized spacial score (nSPS) is 13.3. The molecule has 1 aliphatic rings. The minimum absolute atomic E-state index is 0.0234. The number of thioether (sulfide) groups is 1. The highest BCUT2D eigenvalue weighted by Gasteiger charge is 2.24. The summed E-state index contributed by atoms with van der Waals surface area (Å²) in [5.41, 5.74) is 3.06. The van der Waals surface area contributed by atoms with Gasteiger partial charge in [0.2, 0.25) is 11.8 Å². The zero-order valence-electron chi connectivity index (χ0n) is 21.2. The summed E-state index contributed by atoms with van der Waals surface area (Å²) in [6.07, 6.45) is 0. The van der Waals surface area contributed by atoms with Crippen LogP contribution < -0.4 is 15.0 Å². The zero-order chi connectivity index (χ0) is 27.2. The number of anilines is 2. The van der Waals surface area contributed by atoms with Crippen molar-refractivity contribution in [1.82, 2.24) is 15.1 Å². The number of amides is 2. The molecular formula is C28H26ClN5O4S. The van der Waals surface area contributed by atoms with E-state index in [9.17, 15) is 9.59 Å². The molecule has 39 heavy (non-hydrogen) atoms. The second kappa shape index (κ2) is 12.2. The highest BCUT2D eigenvalue weighted by molar-refractivity contribution is 7.99. The molecule has 9 nitrogen and oxygen atoms in total. The third-order valence-corrected chi connectivity index (χ3v) is 7.32. The Balaban J connectivity index is 1.09. The number of aromatic nitrogens is 2. The van der Waals surface area contributed by atoms with E-state index >= 15 is 0 Å². The van der Waals surface area contributed by atoms with Gasteiger partial charge in [-0.3, -0.25) is 9.59 Å². The first-order valence-electron chi connectivity index (χ1n) is 12.3. The summed E-state index contributed by atoms with van der Waals surface area (Å²) in [5.74, 6) is 0.884. The predicted octanol–water partition coefficient (Wildman–Crippen LogP) is 5.09. The SMILES string of the molecule is COc1ccccc1C(=O)N1CCN(c2ccc(NC(=O)CSc3nnc(-c4ccc(Cl)cc4)o3)cc2)CC1. The van der Waals surface area contributed by atoms with E-state index in [2.05, 4.69) is 20.4 Å². The number of nitrogens with one attached hydrogen (secondary N) is 1. The Labute approximate surface area is 235 Å². The molecule has 4 aromatic rings. The summed E-state index contributed by atoms with van der Waals surface area (Å²) in [5, 5.41) is 11.8. The summed E-state index contributed by atoms with van der Waals surface area (Å²) in [7, 11) is 1.57. The maximum absolute atomic E-state index is 13.0. The standard InChI is InChI=1S/C28H26ClN5O4S/c1-37-24-5-3-2-4-23(24)27(36)34-16-14-33(15-17-34)22-12-10-21(11-13-22)30-25(35)18-39-28-32-31-26(38-28)19-6-8-20(29)9-7-19/h2-13H,14-18H2,1H3,(H,30,35). The topological polar surface area (TPSA) is 101 Å². The van der Waals surface area contributed by atoms with Crippen molar-refractivity contribution in [3.63, 3.8) is 0 Å². The van der Waals surface area contributed by atoms with E-state index in [1.54, 1.807) is 43.5 Å². The second-order valence-corrected chi connectivity index (χ2v) is 10.1. The van der Waals surface area contributed by atoms with Crippen LogP contribution in [0.25, 0.3) is 11.5 Å². The average molecular weight is 564 g/mol. The molecule has 1 aliphatic heterocycles. The smallest absolute Gasteiger partial charge is 0.277 e. The van der Waals surface area contributed by atoms with Crippen molar-refractivity contribution in [1.29, 1.82) is 0 Å². The summed E-state index contributed by atoms with van der Waals surface area (Å²) in [4.78, 5) is 29.5. The first kappa shape index (κ1) is 26.6. The van der Waals surface area contributed by atoms with E-state index in [1.807, 2.05) is 41.3 Å². The van der Waals surface area contributed by atoms with Crippen molar-refractivity contribution < 1.29 is 18.7 Å². The van der Waals surface area contributed by atoms with Crippen LogP contribution in [0.4, 0.5) is 11.4 Å². The van der Waals surface area contributed by atoms with Crippen LogP contribution in [0.2, 0.25) is 5.02 Å². The van der Waals surface area contributed by atoms with Crippen LogP contribution in [0.15, 0.2) is 82.4 Å². The fraction of sp³-hybridized carbons (Fsp3) is 0.214. The van der Waals surface area contributed by atoms with Gasteiger partial charge in [-0.1, -0.05) is 35.5 Å². The Morgan fingerprint density at radius 1 is 0.974 bits per heavy atom. The number of carbonyl (C=O) groups excluding carboxylic acids is 2. The Morgan fingerprint density at radius 3 is 2.41 bits per heavy atom. The number of benzene rings is 3. The first-order valence-corrected chi connectivity index (χ1v) is 13.7. The van der Waals surface area contributed by atoms with Gasteiger partial charge in [-0.2, -0.15) is 0 Å². The summed E-state index contributed by atoms with van der Waals surface area (Å²) >= 11 is 7.08. The highest BCUT2D eigenvalue weighted by atomic mass is 35.5. The lowest BCUT2D eigenvalue weighted by atomic mass is 10.1. The number of halogens is 1. The van der Waals surface area contributed by atoms with Crippen molar-refractivity contribution in [2.75, 3.05) is 49.3 Å². The summed E-state index contributed by atoms with van der Waals surface area (Å²) in [6, 6.07) is 22.0. The molecule has 0 radical (unpaired) electrons. The molecule has 11 heteroatoms. The van der Waals surface area contributed by atoms with Gasteiger partial charge < -0.3 is 24.3 Å². The van der Waals surface area contributed by atoms with Crippen LogP contribution in [-0.4, -0.2) is 66.0 Å². The van der Waals surface area contributed by atoms with Crippen LogP contribution in [0, 0.1) is 0 Å². The van der Waals surface area contributed by atoms with Crippen LogP contribution in [0.1, 0.15) is 10.4 Å². The van der Waals surface area contributed by atoms with Gasteiger partial charge in [-0.15, -0.1) is 10.2 Å².